The third-order valence-electron chi connectivity index (χ3n) is 4.46. The monoisotopic (exact) mass is 342 g/mol. The van der Waals surface area contributed by atoms with Gasteiger partial charge in [0.15, 0.2) is 0 Å². The molecule has 132 valence electrons. The minimum Gasteiger partial charge on any atom is -0.616 e. The second kappa shape index (κ2) is 6.70. The van der Waals surface area contributed by atoms with Gasteiger partial charge in [-0.05, 0) is 30.5 Å². The largest absolute Gasteiger partial charge is 0.616 e. The van der Waals surface area contributed by atoms with E-state index in [9.17, 15) is 10.1 Å². The van der Waals surface area contributed by atoms with Crippen molar-refractivity contribution in [1.82, 2.24) is 4.98 Å². The Morgan fingerprint density at radius 1 is 1.36 bits per heavy atom. The van der Waals surface area contributed by atoms with E-state index in [2.05, 4.69) is 11.1 Å². The first-order chi connectivity index (χ1) is 11.9. The van der Waals surface area contributed by atoms with Crippen LogP contribution in [0.2, 0.25) is 0 Å². The van der Waals surface area contributed by atoms with Crippen LogP contribution >= 0.6 is 0 Å². The van der Waals surface area contributed by atoms with E-state index in [1.54, 1.807) is 0 Å². The van der Waals surface area contributed by atoms with Gasteiger partial charge in [-0.2, -0.15) is 0 Å². The summed E-state index contributed by atoms with van der Waals surface area (Å²) < 4.78 is 6.99. The molecule has 6 nitrogen and oxygen atoms in total. The molecule has 0 fully saturated rings. The fourth-order valence-corrected chi connectivity index (χ4v) is 3.30. The summed E-state index contributed by atoms with van der Waals surface area (Å²) in [6.45, 7) is 6.17. The number of aryl methyl sites for hydroxylation is 1. The van der Waals surface area contributed by atoms with Crippen molar-refractivity contribution in [2.45, 2.75) is 33.6 Å². The number of hydroxylamine groups is 1. The van der Waals surface area contributed by atoms with Gasteiger partial charge in [-0.15, -0.1) is 4.74 Å². The zero-order valence-corrected chi connectivity index (χ0v) is 15.1. The molecule has 0 saturated carbocycles. The van der Waals surface area contributed by atoms with E-state index in [4.69, 9.17) is 4.74 Å². The number of rotatable bonds is 5. The molecule has 0 bridgehead atoms. The molecule has 0 aliphatic carbocycles. The van der Waals surface area contributed by atoms with Crippen molar-refractivity contribution in [3.63, 3.8) is 0 Å². The number of H-pyrrole nitrogens is 1. The highest BCUT2D eigenvalue weighted by Gasteiger charge is 2.40. The van der Waals surface area contributed by atoms with Crippen molar-refractivity contribution in [2.24, 2.45) is 5.92 Å². The molecule has 1 aliphatic heterocycles. The first kappa shape index (κ1) is 17.2. The standard InChI is InChI=1S/C19H24N3O3/c1-12(2)7-15-11-21(23)18(19(25-4)22(15)24)9-14-10-20-17-6-5-13(3)8-16(14)17/h5-6,8,10,12,20H,7,9,11H2,1-4H3/q+1. The van der Waals surface area contributed by atoms with Crippen molar-refractivity contribution in [3.05, 3.63) is 57.2 Å². The average Bonchev–Trinajstić information content (AvgIpc) is 2.94. The van der Waals surface area contributed by atoms with Gasteiger partial charge in [0, 0.05) is 28.4 Å². The van der Waals surface area contributed by atoms with Crippen LogP contribution in [0.3, 0.4) is 0 Å². The lowest BCUT2D eigenvalue weighted by Gasteiger charge is -2.15. The maximum absolute atomic E-state index is 12.6. The van der Waals surface area contributed by atoms with E-state index in [0.717, 1.165) is 31.5 Å². The Morgan fingerprint density at radius 3 is 2.80 bits per heavy atom. The number of methoxy groups -OCH3 is 1. The van der Waals surface area contributed by atoms with Crippen molar-refractivity contribution >= 4 is 16.6 Å². The zero-order valence-electron chi connectivity index (χ0n) is 15.1. The first-order valence-electron chi connectivity index (χ1n) is 8.51. The van der Waals surface area contributed by atoms with E-state index >= 15 is 0 Å². The maximum Gasteiger partial charge on any atom is 0.453 e. The smallest absolute Gasteiger partial charge is 0.453 e. The molecule has 3 rings (SSSR count). The number of ether oxygens (including phenoxy) is 1. The zero-order chi connectivity index (χ0) is 18.1. The number of nitrogens with one attached hydrogen (secondary N) is 1. The van der Waals surface area contributed by atoms with Gasteiger partial charge >= 0.3 is 11.6 Å². The quantitative estimate of drug-likeness (QED) is 0.666. The van der Waals surface area contributed by atoms with Gasteiger partial charge in [0.05, 0.1) is 18.3 Å². The topological polar surface area (TPSA) is 71.2 Å². The van der Waals surface area contributed by atoms with Crippen molar-refractivity contribution in [1.29, 1.82) is 0 Å². The van der Waals surface area contributed by atoms with E-state index < -0.39 is 0 Å². The van der Waals surface area contributed by atoms with Crippen LogP contribution in [-0.2, 0) is 11.2 Å². The Labute approximate surface area is 147 Å². The van der Waals surface area contributed by atoms with Crippen molar-refractivity contribution < 1.29 is 14.2 Å². The number of nitroso groups, excluding NO2 is 1. The molecule has 25 heavy (non-hydrogen) atoms. The van der Waals surface area contributed by atoms with Crippen LogP contribution in [-0.4, -0.2) is 33.8 Å². The average molecular weight is 342 g/mol. The Balaban J connectivity index is 2.03. The lowest BCUT2D eigenvalue weighted by Crippen LogP contribution is -2.35. The first-order valence-corrected chi connectivity index (χ1v) is 8.51. The fraction of sp³-hybridized carbons (Fsp3) is 0.421. The maximum atomic E-state index is 12.6. The van der Waals surface area contributed by atoms with Crippen LogP contribution < -0.4 is 0 Å². The number of allylic oxidation sites excluding steroid dienone is 1. The molecule has 6 heteroatoms. The predicted octanol–water partition coefficient (Wildman–Crippen LogP) is 3.62. The van der Waals surface area contributed by atoms with E-state index in [-0.39, 0.29) is 12.4 Å². The van der Waals surface area contributed by atoms with Crippen molar-refractivity contribution in [3.8, 4) is 0 Å². The van der Waals surface area contributed by atoms with Gasteiger partial charge in [0.25, 0.3) is 6.54 Å². The van der Waals surface area contributed by atoms with E-state index in [0.29, 0.717) is 30.2 Å². The molecule has 1 aromatic carbocycles. The van der Waals surface area contributed by atoms with Gasteiger partial charge in [-0.3, -0.25) is 0 Å². The molecular formula is C19H24N3O3+. The molecule has 0 spiro atoms. The van der Waals surface area contributed by atoms with Gasteiger partial charge in [0.2, 0.25) is 5.71 Å². The molecule has 1 aliphatic rings. The highest BCUT2D eigenvalue weighted by atomic mass is 16.6. The van der Waals surface area contributed by atoms with E-state index in [1.807, 2.05) is 39.1 Å². The summed E-state index contributed by atoms with van der Waals surface area (Å²) >= 11 is 0. The highest BCUT2D eigenvalue weighted by Crippen LogP contribution is 2.25. The second-order valence-corrected chi connectivity index (χ2v) is 6.99. The summed E-state index contributed by atoms with van der Waals surface area (Å²) in [6.07, 6.45) is 2.82. The molecular weight excluding hydrogens is 318 g/mol. The number of hydrogen-bond donors (Lipinski definition) is 1. The lowest BCUT2D eigenvalue weighted by atomic mass is 10.0. The number of fused-ring (bicyclic) bond motifs is 1. The highest BCUT2D eigenvalue weighted by molar-refractivity contribution is 5.84. The molecule has 0 amide bonds. The number of benzene rings is 1. The minimum absolute atomic E-state index is 0.0885. The van der Waals surface area contributed by atoms with Crippen LogP contribution in [0.25, 0.3) is 10.9 Å². The Bertz CT molecular complexity index is 890. The molecule has 0 radical (unpaired) electrons. The van der Waals surface area contributed by atoms with Gasteiger partial charge < -0.3 is 14.9 Å². The summed E-state index contributed by atoms with van der Waals surface area (Å²) in [5, 5.41) is 13.7. The molecule has 2 aromatic rings. The van der Waals surface area contributed by atoms with Crippen LogP contribution in [0.5, 0.6) is 0 Å². The van der Waals surface area contributed by atoms with Crippen LogP contribution in [0.4, 0.5) is 0 Å². The fourth-order valence-electron chi connectivity index (χ4n) is 3.30. The normalized spacial score (nSPS) is 15.6. The Morgan fingerprint density at radius 2 is 2.12 bits per heavy atom. The number of hydrogen-bond acceptors (Lipinski definition) is 3. The predicted molar refractivity (Wildman–Crippen MR) is 97.4 cm³/mol. The molecule has 2 heterocycles. The van der Waals surface area contributed by atoms with Gasteiger partial charge in [-0.1, -0.05) is 25.5 Å². The summed E-state index contributed by atoms with van der Waals surface area (Å²) in [7, 11) is 1.44. The Kier molecular flexibility index (Phi) is 4.61. The summed E-state index contributed by atoms with van der Waals surface area (Å²) in [5.41, 5.74) is 4.05. The molecule has 0 saturated heterocycles. The summed E-state index contributed by atoms with van der Waals surface area (Å²) in [5.74, 6) is 0.398. The van der Waals surface area contributed by atoms with Crippen LogP contribution in [0.1, 0.15) is 31.4 Å². The molecule has 0 unspecified atom stereocenters. The van der Waals surface area contributed by atoms with Crippen LogP contribution in [0, 0.1) is 23.0 Å². The third kappa shape index (κ3) is 3.29. The Hall–Kier alpha value is -2.63. The molecule has 1 N–H and O–H groups in total. The third-order valence-corrected chi connectivity index (χ3v) is 4.46. The summed E-state index contributed by atoms with van der Waals surface area (Å²) in [4.78, 5) is 15.8. The number of nitrogens with zero attached hydrogens (tertiary/aromatic N) is 2. The number of aromatic nitrogens is 1. The van der Waals surface area contributed by atoms with E-state index in [1.165, 1.54) is 7.11 Å². The lowest BCUT2D eigenvalue weighted by molar-refractivity contribution is -0.549. The van der Waals surface area contributed by atoms with Crippen LogP contribution in [0.15, 0.2) is 36.0 Å². The SMILES string of the molecule is COC1=C(Cc2c[nH]c3ccc(C)cc23)[N+](=O)CC(CC(C)C)=[N+]1[O-]. The molecule has 0 atom stereocenters. The van der Waals surface area contributed by atoms with Gasteiger partial charge in [-0.25, -0.2) is 0 Å². The second-order valence-electron chi connectivity index (χ2n) is 6.99. The van der Waals surface area contributed by atoms with Crippen molar-refractivity contribution in [2.75, 3.05) is 13.7 Å². The minimum atomic E-state index is 0.0885. The number of aromatic amines is 1. The molecule has 1 aromatic heterocycles. The van der Waals surface area contributed by atoms with Gasteiger partial charge in [0.1, 0.15) is 0 Å². The summed E-state index contributed by atoms with van der Waals surface area (Å²) in [6, 6.07) is 6.14.